The molecule has 134 valence electrons. The van der Waals surface area contributed by atoms with Gasteiger partial charge in [-0.2, -0.15) is 5.10 Å². The van der Waals surface area contributed by atoms with Crippen LogP contribution in [0.2, 0.25) is 0 Å². The predicted molar refractivity (Wildman–Crippen MR) is 97.8 cm³/mol. The number of aromatic nitrogens is 5. The monoisotopic (exact) mass is 350 g/mol. The Kier molecular flexibility index (Phi) is 4.36. The molecule has 3 aromatic rings. The maximum Gasteiger partial charge on any atom is 0.251 e. The summed E-state index contributed by atoms with van der Waals surface area (Å²) < 4.78 is 1.92. The Hall–Kier alpha value is -2.83. The third-order valence-electron chi connectivity index (χ3n) is 5.18. The van der Waals surface area contributed by atoms with Crippen molar-refractivity contribution in [2.45, 2.75) is 51.6 Å². The number of fused-ring (bicyclic) bond motifs is 1. The number of amides is 1. The molecular formula is C19H22N6O. The van der Waals surface area contributed by atoms with Gasteiger partial charge in [0.2, 0.25) is 0 Å². The Morgan fingerprint density at radius 3 is 2.50 bits per heavy atom. The highest BCUT2D eigenvalue weighted by Gasteiger charge is 2.24. The number of rotatable bonds is 3. The highest BCUT2D eigenvalue weighted by atomic mass is 16.1. The average Bonchev–Trinajstić information content (AvgIpc) is 3.17. The molecular weight excluding hydrogens is 328 g/mol. The zero-order chi connectivity index (χ0) is 18.1. The fraction of sp³-hybridized carbons (Fsp3) is 0.421. The van der Waals surface area contributed by atoms with Gasteiger partial charge in [-0.05, 0) is 57.7 Å². The van der Waals surface area contributed by atoms with Crippen molar-refractivity contribution < 1.29 is 4.79 Å². The molecule has 0 spiro atoms. The summed E-state index contributed by atoms with van der Waals surface area (Å²) in [6.07, 6.45) is 7.22. The van der Waals surface area contributed by atoms with Crippen LogP contribution in [0.25, 0.3) is 11.0 Å². The van der Waals surface area contributed by atoms with E-state index < -0.39 is 0 Å². The Bertz CT molecular complexity index is 929. The number of benzene rings is 1. The molecule has 4 rings (SSSR count). The summed E-state index contributed by atoms with van der Waals surface area (Å²) >= 11 is 0. The summed E-state index contributed by atoms with van der Waals surface area (Å²) in [5.41, 5.74) is 4.02. The molecule has 7 heteroatoms. The molecule has 1 fully saturated rings. The van der Waals surface area contributed by atoms with Crippen LogP contribution >= 0.6 is 0 Å². The van der Waals surface area contributed by atoms with Crippen LogP contribution in [0.15, 0.2) is 30.9 Å². The number of hydrogen-bond donors (Lipinski definition) is 1. The largest absolute Gasteiger partial charge is 0.349 e. The van der Waals surface area contributed by atoms with E-state index >= 15 is 0 Å². The molecule has 1 saturated carbocycles. The molecule has 1 N–H and O–H groups in total. The van der Waals surface area contributed by atoms with Gasteiger partial charge in [0.15, 0.2) is 0 Å². The predicted octanol–water partition coefficient (Wildman–Crippen LogP) is 2.75. The van der Waals surface area contributed by atoms with Crippen LogP contribution in [-0.4, -0.2) is 36.7 Å². The van der Waals surface area contributed by atoms with Crippen molar-refractivity contribution in [1.29, 1.82) is 0 Å². The van der Waals surface area contributed by atoms with Crippen molar-refractivity contribution >= 4 is 16.9 Å². The van der Waals surface area contributed by atoms with E-state index in [0.717, 1.165) is 48.1 Å². The van der Waals surface area contributed by atoms with Crippen molar-refractivity contribution in [2.24, 2.45) is 0 Å². The summed E-state index contributed by atoms with van der Waals surface area (Å²) in [6, 6.07) is 6.09. The van der Waals surface area contributed by atoms with E-state index in [-0.39, 0.29) is 11.9 Å². The van der Waals surface area contributed by atoms with E-state index in [2.05, 4.69) is 25.4 Å². The highest BCUT2D eigenvalue weighted by molar-refractivity contribution is 5.97. The molecule has 0 bridgehead atoms. The highest BCUT2D eigenvalue weighted by Crippen LogP contribution is 2.27. The minimum absolute atomic E-state index is 0.0452. The summed E-state index contributed by atoms with van der Waals surface area (Å²) in [7, 11) is 0. The maximum atomic E-state index is 12.6. The van der Waals surface area contributed by atoms with Crippen molar-refractivity contribution in [3.05, 3.63) is 47.8 Å². The van der Waals surface area contributed by atoms with Gasteiger partial charge in [0.1, 0.15) is 12.7 Å². The molecule has 0 saturated heterocycles. The minimum atomic E-state index is -0.0452. The lowest BCUT2D eigenvalue weighted by Gasteiger charge is -2.29. The third-order valence-corrected chi connectivity index (χ3v) is 5.18. The number of aryl methyl sites for hydroxylation is 2. The van der Waals surface area contributed by atoms with E-state index in [1.807, 2.05) is 36.7 Å². The summed E-state index contributed by atoms with van der Waals surface area (Å²) in [5, 5.41) is 7.38. The lowest BCUT2D eigenvalue weighted by atomic mass is 9.91. The topological polar surface area (TPSA) is 85.6 Å². The molecule has 2 heterocycles. The quantitative estimate of drug-likeness (QED) is 0.785. The third kappa shape index (κ3) is 3.29. The molecule has 0 atom stereocenters. The molecule has 7 nitrogen and oxygen atoms in total. The van der Waals surface area contributed by atoms with Crippen LogP contribution in [0.5, 0.6) is 0 Å². The normalized spacial score (nSPS) is 20.2. The van der Waals surface area contributed by atoms with Crippen LogP contribution in [0.1, 0.15) is 53.5 Å². The van der Waals surface area contributed by atoms with E-state index in [1.165, 1.54) is 0 Å². The first-order valence-corrected chi connectivity index (χ1v) is 9.00. The van der Waals surface area contributed by atoms with Crippen LogP contribution in [0.4, 0.5) is 0 Å². The van der Waals surface area contributed by atoms with Gasteiger partial charge in [-0.25, -0.2) is 19.6 Å². The van der Waals surface area contributed by atoms with Crippen molar-refractivity contribution in [3.8, 4) is 0 Å². The molecule has 0 radical (unpaired) electrons. The minimum Gasteiger partial charge on any atom is -0.349 e. The smallest absolute Gasteiger partial charge is 0.251 e. The standard InChI is InChI=1S/C19H22N6O/c1-12-13(2)23-18-9-14(3-8-17(18)22-12)19(26)24-15-4-6-16(7-5-15)25-11-20-10-21-25/h3,8-11,15-16H,4-7H2,1-2H3,(H,24,26). The van der Waals surface area contributed by atoms with Crippen LogP contribution in [0.3, 0.4) is 0 Å². The van der Waals surface area contributed by atoms with E-state index in [1.54, 1.807) is 12.7 Å². The van der Waals surface area contributed by atoms with Gasteiger partial charge in [-0.1, -0.05) is 0 Å². The van der Waals surface area contributed by atoms with Gasteiger partial charge in [-0.3, -0.25) is 4.79 Å². The fourth-order valence-electron chi connectivity index (χ4n) is 3.53. The number of nitrogens with zero attached hydrogens (tertiary/aromatic N) is 5. The molecule has 2 aromatic heterocycles. The second kappa shape index (κ2) is 6.82. The number of hydrogen-bond acceptors (Lipinski definition) is 5. The zero-order valence-electron chi connectivity index (χ0n) is 15.0. The molecule has 26 heavy (non-hydrogen) atoms. The number of carbonyl (C=O) groups excluding carboxylic acids is 1. The van der Waals surface area contributed by atoms with Crippen LogP contribution in [0, 0.1) is 13.8 Å². The molecule has 0 unspecified atom stereocenters. The van der Waals surface area contributed by atoms with Gasteiger partial charge >= 0.3 is 0 Å². The van der Waals surface area contributed by atoms with Crippen molar-refractivity contribution in [3.63, 3.8) is 0 Å². The Morgan fingerprint density at radius 2 is 1.81 bits per heavy atom. The van der Waals surface area contributed by atoms with E-state index in [0.29, 0.717) is 11.6 Å². The molecule has 1 aliphatic rings. The second-order valence-electron chi connectivity index (χ2n) is 6.95. The van der Waals surface area contributed by atoms with E-state index in [9.17, 15) is 4.79 Å². The SMILES string of the molecule is Cc1nc2ccc(C(=O)NC3CCC(n4cncn4)CC3)cc2nc1C. The molecule has 1 aliphatic carbocycles. The van der Waals surface area contributed by atoms with Gasteiger partial charge in [-0.15, -0.1) is 0 Å². The lowest BCUT2D eigenvalue weighted by molar-refractivity contribution is 0.0922. The fourth-order valence-corrected chi connectivity index (χ4v) is 3.53. The van der Waals surface area contributed by atoms with Crippen molar-refractivity contribution in [2.75, 3.05) is 0 Å². The van der Waals surface area contributed by atoms with Gasteiger partial charge < -0.3 is 5.32 Å². The summed E-state index contributed by atoms with van der Waals surface area (Å²) in [4.78, 5) is 25.7. The molecule has 1 amide bonds. The first-order chi connectivity index (χ1) is 12.6. The van der Waals surface area contributed by atoms with Crippen LogP contribution < -0.4 is 5.32 Å². The Morgan fingerprint density at radius 1 is 1.08 bits per heavy atom. The average molecular weight is 350 g/mol. The molecule has 0 aliphatic heterocycles. The van der Waals surface area contributed by atoms with Gasteiger partial charge in [0.25, 0.3) is 5.91 Å². The summed E-state index contributed by atoms with van der Waals surface area (Å²) in [5.74, 6) is -0.0452. The number of carbonyl (C=O) groups is 1. The lowest BCUT2D eigenvalue weighted by Crippen LogP contribution is -2.38. The zero-order valence-corrected chi connectivity index (χ0v) is 15.0. The summed E-state index contributed by atoms with van der Waals surface area (Å²) in [6.45, 7) is 3.88. The first-order valence-electron chi connectivity index (χ1n) is 9.00. The maximum absolute atomic E-state index is 12.6. The van der Waals surface area contributed by atoms with Crippen molar-refractivity contribution in [1.82, 2.24) is 30.0 Å². The second-order valence-corrected chi connectivity index (χ2v) is 6.95. The van der Waals surface area contributed by atoms with Gasteiger partial charge in [0, 0.05) is 11.6 Å². The van der Waals surface area contributed by atoms with Gasteiger partial charge in [0.05, 0.1) is 28.5 Å². The Balaban J connectivity index is 1.42. The number of nitrogens with one attached hydrogen (secondary N) is 1. The first kappa shape index (κ1) is 16.6. The van der Waals surface area contributed by atoms with E-state index in [4.69, 9.17) is 0 Å². The molecule has 1 aromatic carbocycles. The van der Waals surface area contributed by atoms with Crippen LogP contribution in [-0.2, 0) is 0 Å². The Labute approximate surface area is 151 Å².